The average molecular weight is 376 g/mol. The van der Waals surface area contributed by atoms with Gasteiger partial charge in [0.25, 0.3) is 0 Å². The Morgan fingerprint density at radius 3 is 2.30 bits per heavy atom. The Balaban J connectivity index is 0.00000484. The van der Waals surface area contributed by atoms with Crippen LogP contribution in [0.25, 0.3) is 0 Å². The van der Waals surface area contributed by atoms with Crippen molar-refractivity contribution in [1.29, 1.82) is 0 Å². The summed E-state index contributed by atoms with van der Waals surface area (Å²) < 4.78 is 61.4. The Hall–Kier alpha value is -1.36. The van der Waals surface area contributed by atoms with Crippen LogP contribution >= 0.6 is 12.4 Å². The number of rotatable bonds is 5. The van der Waals surface area contributed by atoms with E-state index in [1.54, 1.807) is 0 Å². The molecule has 1 rings (SSSR count). The second kappa shape index (κ2) is 7.95. The minimum absolute atomic E-state index is 0. The third kappa shape index (κ3) is 6.73. The predicted molar refractivity (Wildman–Crippen MR) is 82.7 cm³/mol. The van der Waals surface area contributed by atoms with Crippen molar-refractivity contribution in [3.63, 3.8) is 0 Å². The van der Waals surface area contributed by atoms with Crippen LogP contribution in [0.15, 0.2) is 18.2 Å². The highest BCUT2D eigenvalue weighted by atomic mass is 35.5. The summed E-state index contributed by atoms with van der Waals surface area (Å²) in [6, 6.07) is 2.95. The molecule has 3 N–H and O–H groups in total. The zero-order valence-corrected chi connectivity index (χ0v) is 14.0. The highest BCUT2D eigenvalue weighted by Gasteiger charge is 2.31. The first-order valence-electron chi connectivity index (χ1n) is 6.06. The largest absolute Gasteiger partial charge is 0.416 e. The van der Waals surface area contributed by atoms with Gasteiger partial charge in [0.1, 0.15) is 0 Å². The SMILES string of the molecule is CN(CC(=O)Nc1cc(CN)cc(C(F)(F)F)c1)S(C)(=O)=O.Cl. The molecular formula is C12H17ClF3N3O3S. The van der Waals surface area contributed by atoms with Crippen molar-refractivity contribution in [3.05, 3.63) is 29.3 Å². The number of hydrogen-bond acceptors (Lipinski definition) is 4. The molecule has 0 heterocycles. The first-order valence-corrected chi connectivity index (χ1v) is 7.90. The molecule has 0 saturated heterocycles. The summed E-state index contributed by atoms with van der Waals surface area (Å²) in [5.74, 6) is -0.754. The molecule has 0 aromatic heterocycles. The maximum Gasteiger partial charge on any atom is 0.416 e. The number of anilines is 1. The molecule has 0 atom stereocenters. The lowest BCUT2D eigenvalue weighted by atomic mass is 10.1. The van der Waals surface area contributed by atoms with E-state index in [1.807, 2.05) is 0 Å². The zero-order valence-electron chi connectivity index (χ0n) is 12.3. The fourth-order valence-electron chi connectivity index (χ4n) is 1.57. The summed E-state index contributed by atoms with van der Waals surface area (Å²) in [5, 5.41) is 2.23. The van der Waals surface area contributed by atoms with Gasteiger partial charge in [-0.2, -0.15) is 17.5 Å². The molecule has 0 bridgehead atoms. The highest BCUT2D eigenvalue weighted by Crippen LogP contribution is 2.31. The summed E-state index contributed by atoms with van der Waals surface area (Å²) in [7, 11) is -2.38. The van der Waals surface area contributed by atoms with Gasteiger partial charge in [-0.3, -0.25) is 4.79 Å². The average Bonchev–Trinajstić information content (AvgIpc) is 2.35. The van der Waals surface area contributed by atoms with Crippen molar-refractivity contribution in [2.45, 2.75) is 12.7 Å². The van der Waals surface area contributed by atoms with Gasteiger partial charge in [0, 0.05) is 19.3 Å². The molecule has 1 aromatic carbocycles. The number of carbonyl (C=O) groups is 1. The molecule has 0 aliphatic carbocycles. The molecule has 0 spiro atoms. The topological polar surface area (TPSA) is 92.5 Å². The molecule has 0 aliphatic rings. The van der Waals surface area contributed by atoms with Crippen molar-refractivity contribution >= 4 is 34.0 Å². The van der Waals surface area contributed by atoms with Gasteiger partial charge >= 0.3 is 6.18 Å². The number of nitrogens with zero attached hydrogens (tertiary/aromatic N) is 1. The molecule has 0 fully saturated rings. The summed E-state index contributed by atoms with van der Waals surface area (Å²) in [6.07, 6.45) is -3.66. The fourth-order valence-corrected chi connectivity index (χ4v) is 1.92. The first-order chi connectivity index (χ1) is 9.93. The van der Waals surface area contributed by atoms with Crippen LogP contribution in [0.5, 0.6) is 0 Å². The lowest BCUT2D eigenvalue weighted by molar-refractivity contribution is -0.137. The maximum absolute atomic E-state index is 12.7. The fraction of sp³-hybridized carbons (Fsp3) is 0.417. The molecule has 0 saturated carbocycles. The number of nitrogens with one attached hydrogen (secondary N) is 1. The van der Waals surface area contributed by atoms with Crippen LogP contribution < -0.4 is 11.1 Å². The molecule has 23 heavy (non-hydrogen) atoms. The van der Waals surface area contributed by atoms with E-state index in [0.717, 1.165) is 22.7 Å². The number of likely N-dealkylation sites (N-methyl/N-ethyl adjacent to an activating group) is 1. The predicted octanol–water partition coefficient (Wildman–Crippen LogP) is 1.42. The van der Waals surface area contributed by atoms with Crippen LogP contribution in [0.4, 0.5) is 18.9 Å². The van der Waals surface area contributed by atoms with E-state index in [9.17, 15) is 26.4 Å². The number of alkyl halides is 3. The molecule has 6 nitrogen and oxygen atoms in total. The van der Waals surface area contributed by atoms with Crippen LogP contribution in [-0.4, -0.2) is 38.5 Å². The van der Waals surface area contributed by atoms with E-state index >= 15 is 0 Å². The summed E-state index contributed by atoms with van der Waals surface area (Å²) in [5.41, 5.74) is 4.49. The van der Waals surface area contributed by atoms with Gasteiger partial charge in [-0.1, -0.05) is 0 Å². The van der Waals surface area contributed by atoms with Crippen LogP contribution in [0.1, 0.15) is 11.1 Å². The summed E-state index contributed by atoms with van der Waals surface area (Å²) in [6.45, 7) is -0.636. The normalized spacial score (nSPS) is 12.0. The van der Waals surface area contributed by atoms with Gasteiger partial charge in [-0.25, -0.2) is 8.42 Å². The quantitative estimate of drug-likeness (QED) is 0.814. The highest BCUT2D eigenvalue weighted by molar-refractivity contribution is 7.88. The first kappa shape index (κ1) is 21.6. The van der Waals surface area contributed by atoms with E-state index in [-0.39, 0.29) is 30.2 Å². The number of hydrogen-bond donors (Lipinski definition) is 2. The molecular weight excluding hydrogens is 359 g/mol. The lowest BCUT2D eigenvalue weighted by Gasteiger charge is -2.15. The number of amides is 1. The molecule has 0 aliphatic heterocycles. The molecule has 1 amide bonds. The van der Waals surface area contributed by atoms with Gasteiger partial charge in [0.2, 0.25) is 15.9 Å². The maximum atomic E-state index is 12.7. The summed E-state index contributed by atoms with van der Waals surface area (Å²) >= 11 is 0. The smallest absolute Gasteiger partial charge is 0.326 e. The Morgan fingerprint density at radius 1 is 1.30 bits per heavy atom. The van der Waals surface area contributed by atoms with Crippen molar-refractivity contribution in [2.75, 3.05) is 25.2 Å². The third-order valence-corrected chi connectivity index (χ3v) is 4.03. The van der Waals surface area contributed by atoms with Gasteiger partial charge in [-0.05, 0) is 23.8 Å². The molecule has 11 heteroatoms. The monoisotopic (exact) mass is 375 g/mol. The summed E-state index contributed by atoms with van der Waals surface area (Å²) in [4.78, 5) is 11.7. The van der Waals surface area contributed by atoms with Crippen LogP contribution in [0, 0.1) is 0 Å². The number of halogens is 4. The van der Waals surface area contributed by atoms with E-state index in [4.69, 9.17) is 5.73 Å². The Morgan fingerprint density at radius 2 is 1.87 bits per heavy atom. The van der Waals surface area contributed by atoms with E-state index < -0.39 is 34.2 Å². The van der Waals surface area contributed by atoms with Crippen molar-refractivity contribution in [3.8, 4) is 0 Å². The standard InChI is InChI=1S/C12H16F3N3O3S.ClH/c1-18(22(2,20)21)7-11(19)17-10-4-8(6-16)3-9(5-10)12(13,14)15;/h3-5H,6-7,16H2,1-2H3,(H,17,19);1H. The van der Waals surface area contributed by atoms with Crippen LogP contribution in [0.3, 0.4) is 0 Å². The lowest BCUT2D eigenvalue weighted by Crippen LogP contribution is -2.34. The van der Waals surface area contributed by atoms with Crippen LogP contribution in [0.2, 0.25) is 0 Å². The third-order valence-electron chi connectivity index (χ3n) is 2.77. The van der Waals surface area contributed by atoms with Gasteiger partial charge in [0.15, 0.2) is 0 Å². The van der Waals surface area contributed by atoms with Gasteiger partial charge in [0.05, 0.1) is 18.4 Å². The Bertz CT molecular complexity index is 665. The minimum Gasteiger partial charge on any atom is -0.326 e. The Kier molecular flexibility index (Phi) is 7.48. The van der Waals surface area contributed by atoms with Gasteiger partial charge < -0.3 is 11.1 Å². The number of benzene rings is 1. The zero-order chi connectivity index (χ0) is 17.1. The van der Waals surface area contributed by atoms with Crippen LogP contribution in [-0.2, 0) is 27.5 Å². The second-order valence-electron chi connectivity index (χ2n) is 4.69. The van der Waals surface area contributed by atoms with Crippen molar-refractivity contribution in [2.24, 2.45) is 5.73 Å². The number of nitrogens with two attached hydrogens (primary N) is 1. The molecule has 132 valence electrons. The molecule has 1 aromatic rings. The number of sulfonamides is 1. The molecule has 0 radical (unpaired) electrons. The van der Waals surface area contributed by atoms with E-state index in [2.05, 4.69) is 5.32 Å². The van der Waals surface area contributed by atoms with Gasteiger partial charge in [-0.15, -0.1) is 12.4 Å². The van der Waals surface area contributed by atoms with Crippen molar-refractivity contribution in [1.82, 2.24) is 4.31 Å². The van der Waals surface area contributed by atoms with E-state index in [1.165, 1.54) is 13.1 Å². The minimum atomic E-state index is -4.58. The number of carbonyl (C=O) groups excluding carboxylic acids is 1. The van der Waals surface area contributed by atoms with E-state index in [0.29, 0.717) is 0 Å². The van der Waals surface area contributed by atoms with Crippen molar-refractivity contribution < 1.29 is 26.4 Å². The Labute approximate surface area is 138 Å². The second-order valence-corrected chi connectivity index (χ2v) is 6.78. The molecule has 0 unspecified atom stereocenters.